The van der Waals surface area contributed by atoms with E-state index in [2.05, 4.69) is 20.4 Å². The van der Waals surface area contributed by atoms with E-state index in [9.17, 15) is 4.79 Å². The Balaban J connectivity index is 2.02. The number of hydrogen-bond donors (Lipinski definition) is 1. The standard InChI is InChI=1S/C10H13N5O/c1-7-5-9(14-15(7)2)13-10(16)8-6-11-3-4-12-8/h3-4,6-7H,5H2,1-2H3,(H,13,14,16)/t7-/m0/s1. The topological polar surface area (TPSA) is 70.5 Å². The van der Waals surface area contributed by atoms with E-state index >= 15 is 0 Å². The molecule has 0 aliphatic carbocycles. The second kappa shape index (κ2) is 4.26. The fourth-order valence-corrected chi connectivity index (χ4v) is 1.43. The summed E-state index contributed by atoms with van der Waals surface area (Å²) < 4.78 is 0. The van der Waals surface area contributed by atoms with Crippen molar-refractivity contribution in [1.29, 1.82) is 0 Å². The summed E-state index contributed by atoms with van der Waals surface area (Å²) in [5.41, 5.74) is 0.299. The fourth-order valence-electron chi connectivity index (χ4n) is 1.43. The average molecular weight is 219 g/mol. The average Bonchev–Trinajstić information content (AvgIpc) is 2.59. The molecule has 1 aliphatic heterocycles. The largest absolute Gasteiger partial charge is 0.307 e. The molecule has 1 aliphatic rings. The Morgan fingerprint density at radius 2 is 2.38 bits per heavy atom. The molecule has 0 radical (unpaired) electrons. The molecular formula is C10H13N5O. The summed E-state index contributed by atoms with van der Waals surface area (Å²) >= 11 is 0. The molecule has 1 atom stereocenters. The number of hydrazone groups is 1. The highest BCUT2D eigenvalue weighted by Crippen LogP contribution is 2.10. The highest BCUT2D eigenvalue weighted by Gasteiger charge is 2.21. The molecule has 2 rings (SSSR count). The summed E-state index contributed by atoms with van der Waals surface area (Å²) in [6, 6.07) is 0.317. The van der Waals surface area contributed by atoms with Gasteiger partial charge in [-0.1, -0.05) is 0 Å². The maximum Gasteiger partial charge on any atom is 0.276 e. The minimum atomic E-state index is -0.269. The third-order valence-corrected chi connectivity index (χ3v) is 2.46. The van der Waals surface area contributed by atoms with Crippen LogP contribution in [0.2, 0.25) is 0 Å². The van der Waals surface area contributed by atoms with Crippen LogP contribution in [-0.2, 0) is 0 Å². The first kappa shape index (κ1) is 10.5. The van der Waals surface area contributed by atoms with Gasteiger partial charge < -0.3 is 5.32 Å². The Labute approximate surface area is 93.4 Å². The first-order valence-electron chi connectivity index (χ1n) is 5.04. The van der Waals surface area contributed by atoms with Crippen molar-refractivity contribution in [2.24, 2.45) is 5.10 Å². The zero-order valence-electron chi connectivity index (χ0n) is 9.21. The molecule has 0 spiro atoms. The van der Waals surface area contributed by atoms with Gasteiger partial charge in [-0.25, -0.2) is 4.98 Å². The lowest BCUT2D eigenvalue weighted by molar-refractivity contribution is 0.0971. The Hall–Kier alpha value is -1.98. The van der Waals surface area contributed by atoms with Crippen molar-refractivity contribution in [1.82, 2.24) is 20.3 Å². The molecular weight excluding hydrogens is 206 g/mol. The van der Waals surface area contributed by atoms with Gasteiger partial charge in [0.25, 0.3) is 5.91 Å². The molecule has 1 N–H and O–H groups in total. The maximum absolute atomic E-state index is 11.7. The van der Waals surface area contributed by atoms with E-state index in [0.29, 0.717) is 17.6 Å². The maximum atomic E-state index is 11.7. The van der Waals surface area contributed by atoms with Crippen LogP contribution in [0.5, 0.6) is 0 Å². The second-order valence-corrected chi connectivity index (χ2v) is 3.72. The van der Waals surface area contributed by atoms with Crippen LogP contribution in [0.1, 0.15) is 23.8 Å². The normalized spacial score (nSPS) is 19.5. The summed E-state index contributed by atoms with van der Waals surface area (Å²) in [6.07, 6.45) is 5.18. The number of carbonyl (C=O) groups excluding carboxylic acids is 1. The highest BCUT2D eigenvalue weighted by atomic mass is 16.2. The van der Waals surface area contributed by atoms with Gasteiger partial charge in [0.05, 0.1) is 12.2 Å². The first-order valence-corrected chi connectivity index (χ1v) is 5.04. The smallest absolute Gasteiger partial charge is 0.276 e. The fraction of sp³-hybridized carbons (Fsp3) is 0.400. The third kappa shape index (κ3) is 2.16. The zero-order valence-corrected chi connectivity index (χ0v) is 9.21. The van der Waals surface area contributed by atoms with E-state index in [1.807, 2.05) is 19.0 Å². The molecule has 1 amide bonds. The molecule has 0 fully saturated rings. The van der Waals surface area contributed by atoms with Crippen LogP contribution < -0.4 is 5.32 Å². The number of hydrogen-bond acceptors (Lipinski definition) is 5. The summed E-state index contributed by atoms with van der Waals surface area (Å²) in [5, 5.41) is 8.75. The predicted octanol–water partition coefficient (Wildman–Crippen LogP) is 0.244. The van der Waals surface area contributed by atoms with E-state index in [1.54, 1.807) is 0 Å². The van der Waals surface area contributed by atoms with Gasteiger partial charge in [0.1, 0.15) is 11.5 Å². The molecule has 16 heavy (non-hydrogen) atoms. The van der Waals surface area contributed by atoms with Crippen molar-refractivity contribution in [2.75, 3.05) is 7.05 Å². The quantitative estimate of drug-likeness (QED) is 0.734. The lowest BCUT2D eigenvalue weighted by atomic mass is 10.2. The number of nitrogens with zero attached hydrogens (tertiary/aromatic N) is 4. The van der Waals surface area contributed by atoms with Crippen molar-refractivity contribution in [2.45, 2.75) is 19.4 Å². The Morgan fingerprint density at radius 1 is 1.56 bits per heavy atom. The van der Waals surface area contributed by atoms with Gasteiger partial charge in [-0.2, -0.15) is 5.10 Å². The Bertz CT molecular complexity index is 416. The van der Waals surface area contributed by atoms with Crippen LogP contribution in [0.25, 0.3) is 0 Å². The molecule has 0 saturated carbocycles. The molecule has 6 nitrogen and oxygen atoms in total. The number of amidine groups is 1. The van der Waals surface area contributed by atoms with Crippen LogP contribution in [0.15, 0.2) is 23.7 Å². The highest BCUT2D eigenvalue weighted by molar-refractivity contribution is 6.05. The van der Waals surface area contributed by atoms with E-state index in [0.717, 1.165) is 6.42 Å². The van der Waals surface area contributed by atoms with Crippen LogP contribution in [-0.4, -0.2) is 39.8 Å². The van der Waals surface area contributed by atoms with Crippen molar-refractivity contribution in [3.63, 3.8) is 0 Å². The summed E-state index contributed by atoms with van der Waals surface area (Å²) in [7, 11) is 1.88. The number of carbonyl (C=O) groups is 1. The van der Waals surface area contributed by atoms with Gasteiger partial charge in [-0.15, -0.1) is 0 Å². The summed E-state index contributed by atoms with van der Waals surface area (Å²) in [5.74, 6) is 0.403. The van der Waals surface area contributed by atoms with E-state index < -0.39 is 0 Å². The second-order valence-electron chi connectivity index (χ2n) is 3.72. The van der Waals surface area contributed by atoms with Crippen LogP contribution in [0.4, 0.5) is 0 Å². The lowest BCUT2D eigenvalue weighted by Crippen LogP contribution is -2.30. The van der Waals surface area contributed by atoms with Crippen LogP contribution in [0.3, 0.4) is 0 Å². The van der Waals surface area contributed by atoms with Gasteiger partial charge >= 0.3 is 0 Å². The molecule has 0 aromatic carbocycles. The van der Waals surface area contributed by atoms with E-state index in [4.69, 9.17) is 0 Å². The SMILES string of the molecule is C[C@H]1CC(NC(=O)c2cnccn2)=NN1C. The van der Waals surface area contributed by atoms with E-state index in [-0.39, 0.29) is 5.91 Å². The molecule has 1 aromatic heterocycles. The molecule has 1 aromatic rings. The molecule has 0 saturated heterocycles. The van der Waals surface area contributed by atoms with Crippen molar-refractivity contribution >= 4 is 11.7 Å². The van der Waals surface area contributed by atoms with Gasteiger partial charge in [-0.05, 0) is 6.92 Å². The molecule has 6 heteroatoms. The predicted molar refractivity (Wildman–Crippen MR) is 58.8 cm³/mol. The van der Waals surface area contributed by atoms with Crippen LogP contribution in [0, 0.1) is 0 Å². The van der Waals surface area contributed by atoms with Crippen molar-refractivity contribution in [3.8, 4) is 0 Å². The van der Waals surface area contributed by atoms with Crippen LogP contribution >= 0.6 is 0 Å². The zero-order chi connectivity index (χ0) is 11.5. The monoisotopic (exact) mass is 219 g/mol. The van der Waals surface area contributed by atoms with Gasteiger partial charge in [0, 0.05) is 25.9 Å². The Morgan fingerprint density at radius 3 is 2.94 bits per heavy atom. The van der Waals surface area contributed by atoms with Gasteiger partial charge in [0.15, 0.2) is 0 Å². The minimum absolute atomic E-state index is 0.269. The number of rotatable bonds is 1. The van der Waals surface area contributed by atoms with Gasteiger partial charge in [0.2, 0.25) is 0 Å². The number of aromatic nitrogens is 2. The Kier molecular flexibility index (Phi) is 2.80. The van der Waals surface area contributed by atoms with Crippen molar-refractivity contribution in [3.05, 3.63) is 24.3 Å². The molecule has 0 bridgehead atoms. The lowest BCUT2D eigenvalue weighted by Gasteiger charge is -2.11. The van der Waals surface area contributed by atoms with Crippen molar-refractivity contribution < 1.29 is 4.79 Å². The third-order valence-electron chi connectivity index (χ3n) is 2.46. The summed E-state index contributed by atoms with van der Waals surface area (Å²) in [4.78, 5) is 19.5. The number of amides is 1. The first-order chi connectivity index (χ1) is 7.66. The molecule has 84 valence electrons. The number of nitrogens with one attached hydrogen (secondary N) is 1. The molecule has 0 unspecified atom stereocenters. The van der Waals surface area contributed by atoms with E-state index in [1.165, 1.54) is 18.6 Å². The van der Waals surface area contributed by atoms with Gasteiger partial charge in [-0.3, -0.25) is 14.8 Å². The minimum Gasteiger partial charge on any atom is -0.307 e. The summed E-state index contributed by atoms with van der Waals surface area (Å²) in [6.45, 7) is 2.05. The molecule has 2 heterocycles.